The Morgan fingerprint density at radius 2 is 1.97 bits per heavy atom. The molecule has 3 aliphatic rings. The number of hydrogen-bond acceptors (Lipinski definition) is 4. The molecular formula is C22H21ClN2O4. The average molecular weight is 413 g/mol. The number of amides is 3. The average Bonchev–Trinajstić information content (AvgIpc) is 3.26. The van der Waals surface area contributed by atoms with Crippen molar-refractivity contribution in [3.8, 4) is 5.75 Å². The summed E-state index contributed by atoms with van der Waals surface area (Å²) in [5, 5.41) is 3.41. The lowest BCUT2D eigenvalue weighted by Crippen LogP contribution is -2.41. The summed E-state index contributed by atoms with van der Waals surface area (Å²) in [6, 6.07) is 9.18. The zero-order valence-electron chi connectivity index (χ0n) is 16.1. The number of aryl methyl sites for hydroxylation is 2. The monoisotopic (exact) mass is 412 g/mol. The predicted molar refractivity (Wildman–Crippen MR) is 107 cm³/mol. The van der Waals surface area contributed by atoms with E-state index in [1.54, 1.807) is 19.1 Å². The largest absolute Gasteiger partial charge is 0.467 e. The number of halogens is 1. The molecule has 2 aromatic carbocycles. The fourth-order valence-electron chi connectivity index (χ4n) is 4.46. The Morgan fingerprint density at radius 3 is 2.83 bits per heavy atom. The number of benzene rings is 2. The number of rotatable bonds is 3. The summed E-state index contributed by atoms with van der Waals surface area (Å²) in [5.74, 6) is 0.355. The topological polar surface area (TPSA) is 67.9 Å². The second-order valence-electron chi connectivity index (χ2n) is 7.95. The molecule has 5 rings (SSSR count). The van der Waals surface area contributed by atoms with Crippen molar-refractivity contribution < 1.29 is 19.1 Å². The van der Waals surface area contributed by atoms with Crippen molar-refractivity contribution in [2.45, 2.75) is 44.9 Å². The molecule has 0 saturated carbocycles. The van der Waals surface area contributed by atoms with E-state index in [-0.39, 0.29) is 19.2 Å². The minimum atomic E-state index is -1.09. The van der Waals surface area contributed by atoms with Crippen LogP contribution in [0.15, 0.2) is 30.3 Å². The van der Waals surface area contributed by atoms with Crippen molar-refractivity contribution in [1.82, 2.24) is 10.2 Å². The maximum Gasteiger partial charge on any atom is 0.325 e. The number of urea groups is 1. The van der Waals surface area contributed by atoms with Crippen LogP contribution in [0.5, 0.6) is 5.75 Å². The van der Waals surface area contributed by atoms with E-state index in [0.29, 0.717) is 22.9 Å². The van der Waals surface area contributed by atoms with Crippen molar-refractivity contribution in [2.24, 2.45) is 0 Å². The van der Waals surface area contributed by atoms with E-state index in [9.17, 15) is 9.59 Å². The Morgan fingerprint density at radius 1 is 1.14 bits per heavy atom. The number of ether oxygens (including phenoxy) is 2. The lowest BCUT2D eigenvalue weighted by atomic mass is 9.89. The second kappa shape index (κ2) is 6.75. The van der Waals surface area contributed by atoms with Gasteiger partial charge in [-0.05, 0) is 55.0 Å². The molecule has 2 aliphatic heterocycles. The number of nitrogens with one attached hydrogen (secondary N) is 1. The third-order valence-electron chi connectivity index (χ3n) is 6.03. The van der Waals surface area contributed by atoms with Crippen LogP contribution in [0, 0.1) is 0 Å². The summed E-state index contributed by atoms with van der Waals surface area (Å²) in [7, 11) is 0. The van der Waals surface area contributed by atoms with Crippen LogP contribution in [0.25, 0.3) is 0 Å². The number of carbonyl (C=O) groups excluding carboxylic acids is 2. The van der Waals surface area contributed by atoms with Gasteiger partial charge in [-0.3, -0.25) is 9.69 Å². The van der Waals surface area contributed by atoms with Gasteiger partial charge in [0.1, 0.15) is 11.3 Å². The van der Waals surface area contributed by atoms with E-state index >= 15 is 0 Å². The smallest absolute Gasteiger partial charge is 0.325 e. The summed E-state index contributed by atoms with van der Waals surface area (Å²) in [6.45, 7) is 2.38. The predicted octanol–water partition coefficient (Wildman–Crippen LogP) is 3.66. The van der Waals surface area contributed by atoms with Gasteiger partial charge in [0.05, 0.1) is 13.2 Å². The zero-order chi connectivity index (χ0) is 20.2. The molecule has 1 fully saturated rings. The maximum atomic E-state index is 13.3. The third kappa shape index (κ3) is 2.98. The Hall–Kier alpha value is -2.57. The minimum absolute atomic E-state index is 0.0914. The molecule has 1 aliphatic carbocycles. The van der Waals surface area contributed by atoms with Crippen molar-refractivity contribution in [3.05, 3.63) is 63.2 Å². The third-order valence-corrected chi connectivity index (χ3v) is 6.25. The fraction of sp³-hybridized carbons (Fsp3) is 0.364. The van der Waals surface area contributed by atoms with Gasteiger partial charge in [-0.1, -0.05) is 29.8 Å². The number of fused-ring (bicyclic) bond motifs is 2. The lowest BCUT2D eigenvalue weighted by Gasteiger charge is -2.24. The van der Waals surface area contributed by atoms with Crippen LogP contribution in [0.1, 0.15) is 41.2 Å². The van der Waals surface area contributed by atoms with Crippen LogP contribution in [-0.2, 0) is 41.1 Å². The molecular weight excluding hydrogens is 392 g/mol. The molecule has 0 radical (unpaired) electrons. The Kier molecular flexibility index (Phi) is 4.29. The van der Waals surface area contributed by atoms with Gasteiger partial charge in [-0.25, -0.2) is 4.79 Å². The molecule has 6 nitrogen and oxygen atoms in total. The van der Waals surface area contributed by atoms with Gasteiger partial charge in [0.2, 0.25) is 0 Å². The highest BCUT2D eigenvalue weighted by Gasteiger charge is 2.49. The van der Waals surface area contributed by atoms with Crippen LogP contribution in [0.4, 0.5) is 4.79 Å². The molecule has 1 saturated heterocycles. The Bertz CT molecular complexity index is 1040. The molecule has 0 aromatic heterocycles. The van der Waals surface area contributed by atoms with E-state index < -0.39 is 11.6 Å². The molecule has 3 amide bonds. The standard InChI is InChI=1S/C22H21ClN2O4/c1-22(17-6-5-13-3-2-4-14(13)7-17)20(26)25(21(27)24-22)10-15-8-18(23)9-16-11-28-12-29-19(15)16/h5-9H,2-4,10-12H2,1H3,(H,24,27). The van der Waals surface area contributed by atoms with Gasteiger partial charge in [-0.2, -0.15) is 0 Å². The van der Waals surface area contributed by atoms with Crippen molar-refractivity contribution in [1.29, 1.82) is 0 Å². The van der Waals surface area contributed by atoms with Crippen molar-refractivity contribution >= 4 is 23.5 Å². The van der Waals surface area contributed by atoms with Crippen LogP contribution >= 0.6 is 11.6 Å². The Labute approximate surface area is 173 Å². The first kappa shape index (κ1) is 18.5. The van der Waals surface area contributed by atoms with Gasteiger partial charge in [0, 0.05) is 16.1 Å². The van der Waals surface area contributed by atoms with Gasteiger partial charge >= 0.3 is 6.03 Å². The Balaban J connectivity index is 1.47. The summed E-state index contributed by atoms with van der Waals surface area (Å²) in [4.78, 5) is 27.3. The minimum Gasteiger partial charge on any atom is -0.467 e. The van der Waals surface area contributed by atoms with Crippen LogP contribution in [0.3, 0.4) is 0 Å². The highest BCUT2D eigenvalue weighted by molar-refractivity contribution is 6.30. The van der Waals surface area contributed by atoms with E-state index in [2.05, 4.69) is 17.4 Å². The number of hydrogen-bond donors (Lipinski definition) is 1. The maximum absolute atomic E-state index is 13.3. The quantitative estimate of drug-likeness (QED) is 0.781. The van der Waals surface area contributed by atoms with E-state index in [0.717, 1.165) is 30.4 Å². The first-order valence-electron chi connectivity index (χ1n) is 9.74. The van der Waals surface area contributed by atoms with Crippen LogP contribution < -0.4 is 10.1 Å². The highest BCUT2D eigenvalue weighted by Crippen LogP contribution is 2.36. The summed E-state index contributed by atoms with van der Waals surface area (Å²) in [6.07, 6.45) is 3.22. The molecule has 150 valence electrons. The summed E-state index contributed by atoms with van der Waals surface area (Å²) in [5.41, 5.74) is 3.83. The molecule has 2 heterocycles. The van der Waals surface area contributed by atoms with E-state index in [4.69, 9.17) is 21.1 Å². The summed E-state index contributed by atoms with van der Waals surface area (Å²) < 4.78 is 10.9. The number of carbonyl (C=O) groups is 2. The molecule has 7 heteroatoms. The number of nitrogens with zero attached hydrogens (tertiary/aromatic N) is 1. The first-order valence-corrected chi connectivity index (χ1v) is 10.1. The molecule has 1 atom stereocenters. The van der Waals surface area contributed by atoms with Gasteiger partial charge in [0.15, 0.2) is 6.79 Å². The SMILES string of the molecule is CC1(c2ccc3c(c2)CCC3)NC(=O)N(Cc2cc(Cl)cc3c2OCOC3)C1=O. The fourth-order valence-corrected chi connectivity index (χ4v) is 4.73. The normalized spacial score (nSPS) is 22.9. The van der Waals surface area contributed by atoms with E-state index in [1.807, 2.05) is 6.07 Å². The highest BCUT2D eigenvalue weighted by atomic mass is 35.5. The lowest BCUT2D eigenvalue weighted by molar-refractivity contribution is -0.131. The first-order chi connectivity index (χ1) is 14.0. The van der Waals surface area contributed by atoms with Gasteiger partial charge in [0.25, 0.3) is 5.91 Å². The molecule has 0 bridgehead atoms. The molecule has 0 spiro atoms. The molecule has 1 N–H and O–H groups in total. The molecule has 1 unspecified atom stereocenters. The second-order valence-corrected chi connectivity index (χ2v) is 8.38. The van der Waals surface area contributed by atoms with E-state index in [1.165, 1.54) is 16.0 Å². The van der Waals surface area contributed by atoms with Crippen molar-refractivity contribution in [2.75, 3.05) is 6.79 Å². The summed E-state index contributed by atoms with van der Waals surface area (Å²) >= 11 is 6.23. The molecule has 2 aromatic rings. The number of imide groups is 1. The zero-order valence-corrected chi connectivity index (χ0v) is 16.8. The van der Waals surface area contributed by atoms with Gasteiger partial charge < -0.3 is 14.8 Å². The molecule has 29 heavy (non-hydrogen) atoms. The van der Waals surface area contributed by atoms with Crippen LogP contribution in [0.2, 0.25) is 5.02 Å². The van der Waals surface area contributed by atoms with Crippen molar-refractivity contribution in [3.63, 3.8) is 0 Å². The van der Waals surface area contributed by atoms with Gasteiger partial charge in [-0.15, -0.1) is 0 Å². The van der Waals surface area contributed by atoms with Crippen LogP contribution in [-0.4, -0.2) is 23.6 Å².